The van der Waals surface area contributed by atoms with Gasteiger partial charge in [0.2, 0.25) is 0 Å². The number of piperazine rings is 1. The zero-order valence-corrected chi connectivity index (χ0v) is 10.2. The van der Waals surface area contributed by atoms with Gasteiger partial charge in [0, 0.05) is 39.3 Å². The number of hydrogen-bond acceptors (Lipinski definition) is 4. The molecule has 1 N–H and O–H groups in total. The lowest BCUT2D eigenvalue weighted by Gasteiger charge is -2.32. The van der Waals surface area contributed by atoms with Crippen LogP contribution in [0.2, 0.25) is 0 Å². The number of likely N-dealkylation sites (N-methyl/N-ethyl adjacent to an activating group) is 1. The van der Waals surface area contributed by atoms with Gasteiger partial charge >= 0.3 is 5.97 Å². The third-order valence-electron chi connectivity index (χ3n) is 2.95. The molecule has 94 valence electrons. The lowest BCUT2D eigenvalue weighted by molar-refractivity contribution is -0.150. The summed E-state index contributed by atoms with van der Waals surface area (Å²) in [6.45, 7) is 7.26. The fraction of sp³-hybridized carbons (Fsp3) is 0.909. The van der Waals surface area contributed by atoms with Crippen molar-refractivity contribution in [2.75, 3.05) is 46.4 Å². The fourth-order valence-electron chi connectivity index (χ4n) is 1.85. The molecule has 16 heavy (non-hydrogen) atoms. The Labute approximate surface area is 97.0 Å². The number of hydrogen-bond donors (Lipinski definition) is 1. The highest BCUT2D eigenvalue weighted by Crippen LogP contribution is 2.04. The molecule has 0 bridgehead atoms. The second-order valence-corrected chi connectivity index (χ2v) is 4.22. The van der Waals surface area contributed by atoms with Crippen LogP contribution < -0.4 is 0 Å². The summed E-state index contributed by atoms with van der Waals surface area (Å²) in [5.41, 5.74) is 0. The third-order valence-corrected chi connectivity index (χ3v) is 2.95. The van der Waals surface area contributed by atoms with E-state index in [1.807, 2.05) is 6.92 Å². The minimum absolute atomic E-state index is 0.458. The van der Waals surface area contributed by atoms with Crippen LogP contribution in [0, 0.1) is 0 Å². The molecule has 0 aromatic heterocycles. The van der Waals surface area contributed by atoms with Crippen molar-refractivity contribution in [2.45, 2.75) is 19.4 Å². The first-order chi connectivity index (χ1) is 7.63. The molecular formula is C11H22N2O3. The summed E-state index contributed by atoms with van der Waals surface area (Å²) in [7, 11) is 2.11. The molecule has 1 heterocycles. The molecular weight excluding hydrogens is 208 g/mol. The van der Waals surface area contributed by atoms with Crippen LogP contribution in [-0.2, 0) is 9.53 Å². The number of carboxylic acid groups (broad SMARTS) is 1. The maximum absolute atomic E-state index is 10.9. The standard InChI is InChI=1S/C11H22N2O3/c1-3-16-10(11(14)15)4-5-13-8-6-12(2)7-9-13/h10H,3-9H2,1-2H3,(H,14,15). The molecule has 1 atom stereocenters. The highest BCUT2D eigenvalue weighted by atomic mass is 16.5. The molecule has 1 aliphatic rings. The van der Waals surface area contributed by atoms with E-state index in [1.165, 1.54) is 0 Å². The minimum atomic E-state index is -0.851. The lowest BCUT2D eigenvalue weighted by atomic mass is 10.2. The van der Waals surface area contributed by atoms with E-state index in [4.69, 9.17) is 9.84 Å². The predicted octanol–water partition coefficient (Wildman–Crippen LogP) is 0.114. The van der Waals surface area contributed by atoms with Crippen molar-refractivity contribution in [3.63, 3.8) is 0 Å². The summed E-state index contributed by atoms with van der Waals surface area (Å²) >= 11 is 0. The highest BCUT2D eigenvalue weighted by molar-refractivity contribution is 5.72. The molecule has 1 aliphatic heterocycles. The van der Waals surface area contributed by atoms with Gasteiger partial charge in [0.25, 0.3) is 0 Å². The molecule has 5 nitrogen and oxygen atoms in total. The molecule has 0 radical (unpaired) electrons. The van der Waals surface area contributed by atoms with Gasteiger partial charge in [-0.15, -0.1) is 0 Å². The normalized spacial score (nSPS) is 20.9. The number of nitrogens with zero attached hydrogens (tertiary/aromatic N) is 2. The van der Waals surface area contributed by atoms with Crippen LogP contribution in [0.25, 0.3) is 0 Å². The zero-order chi connectivity index (χ0) is 12.0. The van der Waals surface area contributed by atoms with E-state index in [9.17, 15) is 4.79 Å². The molecule has 1 unspecified atom stereocenters. The number of rotatable bonds is 6. The van der Waals surface area contributed by atoms with E-state index in [2.05, 4.69) is 16.8 Å². The van der Waals surface area contributed by atoms with Gasteiger partial charge in [0.15, 0.2) is 6.10 Å². The maximum atomic E-state index is 10.9. The van der Waals surface area contributed by atoms with E-state index in [0.29, 0.717) is 13.0 Å². The van der Waals surface area contributed by atoms with E-state index >= 15 is 0 Å². The Morgan fingerprint density at radius 2 is 2.00 bits per heavy atom. The minimum Gasteiger partial charge on any atom is -0.479 e. The van der Waals surface area contributed by atoms with Gasteiger partial charge in [-0.3, -0.25) is 0 Å². The van der Waals surface area contributed by atoms with Gasteiger partial charge < -0.3 is 19.6 Å². The Morgan fingerprint density at radius 1 is 1.38 bits per heavy atom. The number of aliphatic carboxylic acids is 1. The van der Waals surface area contributed by atoms with E-state index in [-0.39, 0.29) is 0 Å². The van der Waals surface area contributed by atoms with Gasteiger partial charge in [0.05, 0.1) is 0 Å². The predicted molar refractivity (Wildman–Crippen MR) is 61.6 cm³/mol. The van der Waals surface area contributed by atoms with Gasteiger partial charge in [-0.05, 0) is 20.4 Å². The third kappa shape index (κ3) is 4.47. The second-order valence-electron chi connectivity index (χ2n) is 4.22. The van der Waals surface area contributed by atoms with Crippen LogP contribution in [0.15, 0.2) is 0 Å². The second kappa shape index (κ2) is 6.83. The van der Waals surface area contributed by atoms with Crippen LogP contribution in [-0.4, -0.2) is 73.4 Å². The Morgan fingerprint density at radius 3 is 2.50 bits per heavy atom. The molecule has 0 aliphatic carbocycles. The van der Waals surface area contributed by atoms with Crippen LogP contribution in [0.1, 0.15) is 13.3 Å². The Bertz CT molecular complexity index is 215. The molecule has 1 saturated heterocycles. The van der Waals surface area contributed by atoms with Crippen LogP contribution in [0.3, 0.4) is 0 Å². The summed E-state index contributed by atoms with van der Waals surface area (Å²) in [5.74, 6) is -0.851. The Kier molecular flexibility index (Phi) is 5.73. The molecule has 1 fully saturated rings. The summed E-state index contributed by atoms with van der Waals surface area (Å²) in [6, 6.07) is 0. The van der Waals surface area contributed by atoms with Crippen LogP contribution in [0.5, 0.6) is 0 Å². The van der Waals surface area contributed by atoms with Crippen molar-refractivity contribution in [1.82, 2.24) is 9.80 Å². The van der Waals surface area contributed by atoms with Crippen molar-refractivity contribution in [3.8, 4) is 0 Å². The van der Waals surface area contributed by atoms with Gasteiger partial charge in [-0.25, -0.2) is 4.79 Å². The molecule has 1 rings (SSSR count). The average molecular weight is 230 g/mol. The molecule has 0 aromatic rings. The zero-order valence-electron chi connectivity index (χ0n) is 10.2. The Balaban J connectivity index is 2.23. The van der Waals surface area contributed by atoms with Crippen molar-refractivity contribution in [2.24, 2.45) is 0 Å². The number of ether oxygens (including phenoxy) is 1. The van der Waals surface area contributed by atoms with Crippen molar-refractivity contribution < 1.29 is 14.6 Å². The highest BCUT2D eigenvalue weighted by Gasteiger charge is 2.20. The smallest absolute Gasteiger partial charge is 0.332 e. The van der Waals surface area contributed by atoms with E-state index < -0.39 is 12.1 Å². The van der Waals surface area contributed by atoms with Crippen molar-refractivity contribution in [3.05, 3.63) is 0 Å². The number of carboxylic acids is 1. The monoisotopic (exact) mass is 230 g/mol. The van der Waals surface area contributed by atoms with Crippen molar-refractivity contribution in [1.29, 1.82) is 0 Å². The first-order valence-electron chi connectivity index (χ1n) is 5.88. The van der Waals surface area contributed by atoms with Gasteiger partial charge in [-0.1, -0.05) is 0 Å². The summed E-state index contributed by atoms with van der Waals surface area (Å²) in [4.78, 5) is 15.4. The number of carbonyl (C=O) groups is 1. The van der Waals surface area contributed by atoms with E-state index in [1.54, 1.807) is 0 Å². The SMILES string of the molecule is CCOC(CCN1CCN(C)CC1)C(=O)O. The molecule has 0 saturated carbocycles. The van der Waals surface area contributed by atoms with E-state index in [0.717, 1.165) is 32.7 Å². The van der Waals surface area contributed by atoms with Crippen LogP contribution in [0.4, 0.5) is 0 Å². The quantitative estimate of drug-likeness (QED) is 0.702. The first-order valence-corrected chi connectivity index (χ1v) is 5.88. The summed E-state index contributed by atoms with van der Waals surface area (Å²) in [6.07, 6.45) is -0.0722. The first kappa shape index (κ1) is 13.4. The van der Waals surface area contributed by atoms with Gasteiger partial charge in [0.1, 0.15) is 0 Å². The Hall–Kier alpha value is -0.650. The van der Waals surface area contributed by atoms with Crippen molar-refractivity contribution >= 4 is 5.97 Å². The fourth-order valence-corrected chi connectivity index (χ4v) is 1.85. The topological polar surface area (TPSA) is 53.0 Å². The lowest BCUT2D eigenvalue weighted by Crippen LogP contribution is -2.45. The molecule has 0 amide bonds. The molecule has 5 heteroatoms. The largest absolute Gasteiger partial charge is 0.479 e. The summed E-state index contributed by atoms with van der Waals surface area (Å²) < 4.78 is 5.18. The van der Waals surface area contributed by atoms with Gasteiger partial charge in [-0.2, -0.15) is 0 Å². The maximum Gasteiger partial charge on any atom is 0.332 e. The average Bonchev–Trinajstić information content (AvgIpc) is 2.26. The molecule has 0 spiro atoms. The molecule has 0 aromatic carbocycles. The summed E-state index contributed by atoms with van der Waals surface area (Å²) in [5, 5.41) is 8.92. The van der Waals surface area contributed by atoms with Crippen LogP contribution >= 0.6 is 0 Å².